The number of ether oxygens (including phenoxy) is 1. The van der Waals surface area contributed by atoms with Gasteiger partial charge >= 0.3 is 5.97 Å². The van der Waals surface area contributed by atoms with E-state index in [1.54, 1.807) is 13.8 Å². The number of carbonyl (C=O) groups excluding carboxylic acids is 2. The van der Waals surface area contributed by atoms with E-state index >= 15 is 0 Å². The van der Waals surface area contributed by atoms with Crippen molar-refractivity contribution in [3.05, 3.63) is 72.9 Å². The smallest absolute Gasteiger partial charge is 0.306 e. The second kappa shape index (κ2) is 23.7. The SMILES string of the molecule is CC/C=C\C/C=C\C/C=C\C/C=C\C/C=C\C/C=C\CCC(=O)OCCCNC(=O)[C@H](O)C(C)(C)CO. The number of aliphatic hydroxyl groups is 2. The number of nitrogens with one attached hydrogen (secondary N) is 1. The number of allylic oxidation sites excluding steroid dienone is 12. The number of esters is 1. The van der Waals surface area contributed by atoms with E-state index in [4.69, 9.17) is 4.74 Å². The number of carbonyl (C=O) groups is 2. The Labute approximate surface area is 224 Å². The summed E-state index contributed by atoms with van der Waals surface area (Å²) in [6.45, 7) is 5.56. The van der Waals surface area contributed by atoms with E-state index in [1.807, 2.05) is 12.2 Å². The van der Waals surface area contributed by atoms with Gasteiger partial charge in [0, 0.05) is 18.4 Å². The van der Waals surface area contributed by atoms with E-state index < -0.39 is 17.4 Å². The summed E-state index contributed by atoms with van der Waals surface area (Å²) in [6.07, 6.45) is 31.6. The summed E-state index contributed by atoms with van der Waals surface area (Å²) in [7, 11) is 0. The molecule has 1 atom stereocenters. The number of aliphatic hydroxyl groups excluding tert-OH is 2. The first-order valence-corrected chi connectivity index (χ1v) is 13.5. The third-order valence-electron chi connectivity index (χ3n) is 5.39. The van der Waals surface area contributed by atoms with Gasteiger partial charge in [-0.1, -0.05) is 93.7 Å². The minimum atomic E-state index is -1.29. The minimum absolute atomic E-state index is 0.211. The lowest BCUT2D eigenvalue weighted by atomic mass is 9.87. The van der Waals surface area contributed by atoms with Gasteiger partial charge in [0.1, 0.15) is 6.10 Å². The van der Waals surface area contributed by atoms with Gasteiger partial charge in [0.15, 0.2) is 0 Å². The zero-order valence-electron chi connectivity index (χ0n) is 23.1. The fraction of sp³-hybridized carbons (Fsp3) is 0.548. The Balaban J connectivity index is 3.70. The van der Waals surface area contributed by atoms with Crippen LogP contribution in [0.3, 0.4) is 0 Å². The molecule has 0 heterocycles. The fourth-order valence-corrected chi connectivity index (χ4v) is 2.92. The molecular weight excluding hydrogens is 466 g/mol. The van der Waals surface area contributed by atoms with Crippen molar-refractivity contribution in [2.75, 3.05) is 19.8 Å². The van der Waals surface area contributed by atoms with E-state index in [0.29, 0.717) is 19.3 Å². The molecule has 0 aliphatic rings. The lowest BCUT2D eigenvalue weighted by Gasteiger charge is -2.27. The van der Waals surface area contributed by atoms with Crippen LogP contribution in [0.5, 0.6) is 0 Å². The molecule has 0 spiro atoms. The van der Waals surface area contributed by atoms with Gasteiger partial charge in [-0.25, -0.2) is 0 Å². The molecule has 0 bridgehead atoms. The molecule has 6 heteroatoms. The molecule has 208 valence electrons. The summed E-state index contributed by atoms with van der Waals surface area (Å²) in [4.78, 5) is 23.6. The van der Waals surface area contributed by atoms with Gasteiger partial charge in [0.25, 0.3) is 0 Å². The Bertz CT molecular complexity index is 774. The predicted molar refractivity (Wildman–Crippen MR) is 153 cm³/mol. The molecule has 0 aliphatic heterocycles. The molecule has 0 saturated carbocycles. The van der Waals surface area contributed by atoms with Crippen molar-refractivity contribution in [3.8, 4) is 0 Å². The molecule has 6 nitrogen and oxygen atoms in total. The average Bonchev–Trinajstić information content (AvgIpc) is 2.89. The van der Waals surface area contributed by atoms with Crippen LogP contribution in [0, 0.1) is 5.41 Å². The first-order chi connectivity index (χ1) is 17.8. The monoisotopic (exact) mass is 515 g/mol. The molecule has 0 saturated heterocycles. The van der Waals surface area contributed by atoms with E-state index in [1.165, 1.54) is 0 Å². The van der Waals surface area contributed by atoms with Gasteiger partial charge in [-0.3, -0.25) is 9.59 Å². The normalized spacial score (nSPS) is 13.8. The van der Waals surface area contributed by atoms with Crippen molar-refractivity contribution >= 4 is 11.9 Å². The predicted octanol–water partition coefficient (Wildman–Crippen LogP) is 5.89. The highest BCUT2D eigenvalue weighted by Gasteiger charge is 2.32. The van der Waals surface area contributed by atoms with Gasteiger partial charge in [0.05, 0.1) is 13.2 Å². The Morgan fingerprint density at radius 3 is 1.73 bits per heavy atom. The molecular formula is C31H49NO5. The zero-order chi connectivity index (χ0) is 27.6. The molecule has 0 radical (unpaired) electrons. The third-order valence-corrected chi connectivity index (χ3v) is 5.39. The first-order valence-electron chi connectivity index (χ1n) is 13.5. The molecule has 0 aromatic rings. The first kappa shape index (κ1) is 34.3. The van der Waals surface area contributed by atoms with E-state index in [9.17, 15) is 19.8 Å². The van der Waals surface area contributed by atoms with Gasteiger partial charge in [-0.05, 0) is 51.4 Å². The van der Waals surface area contributed by atoms with Gasteiger partial charge < -0.3 is 20.3 Å². The van der Waals surface area contributed by atoms with Crippen LogP contribution in [0.1, 0.15) is 78.6 Å². The Morgan fingerprint density at radius 1 is 0.811 bits per heavy atom. The molecule has 0 rings (SSSR count). The minimum Gasteiger partial charge on any atom is -0.466 e. The zero-order valence-corrected chi connectivity index (χ0v) is 23.1. The van der Waals surface area contributed by atoms with Crippen molar-refractivity contribution in [3.63, 3.8) is 0 Å². The summed E-state index contributed by atoms with van der Waals surface area (Å²) in [5.41, 5.74) is -0.905. The highest BCUT2D eigenvalue weighted by molar-refractivity contribution is 5.81. The molecule has 1 amide bonds. The van der Waals surface area contributed by atoms with Crippen LogP contribution in [0.2, 0.25) is 0 Å². The van der Waals surface area contributed by atoms with E-state index in [-0.39, 0.29) is 25.7 Å². The second-order valence-corrected chi connectivity index (χ2v) is 9.37. The molecule has 0 unspecified atom stereocenters. The maximum absolute atomic E-state index is 11.8. The lowest BCUT2D eigenvalue weighted by Crippen LogP contribution is -2.45. The maximum atomic E-state index is 11.8. The summed E-state index contributed by atoms with van der Waals surface area (Å²) < 4.78 is 5.15. The molecule has 0 aliphatic carbocycles. The van der Waals surface area contributed by atoms with Crippen LogP contribution in [0.4, 0.5) is 0 Å². The molecule has 0 aromatic carbocycles. The topological polar surface area (TPSA) is 95.9 Å². The Hall–Kier alpha value is -2.70. The largest absolute Gasteiger partial charge is 0.466 e. The average molecular weight is 516 g/mol. The van der Waals surface area contributed by atoms with Crippen molar-refractivity contribution in [2.24, 2.45) is 5.41 Å². The van der Waals surface area contributed by atoms with Crippen molar-refractivity contribution in [1.29, 1.82) is 0 Å². The summed E-state index contributed by atoms with van der Waals surface area (Å²) >= 11 is 0. The van der Waals surface area contributed by atoms with Gasteiger partial charge in [-0.15, -0.1) is 0 Å². The van der Waals surface area contributed by atoms with Gasteiger partial charge in [-0.2, -0.15) is 0 Å². The Kier molecular flexibility index (Phi) is 22.0. The number of amides is 1. The van der Waals surface area contributed by atoms with Crippen molar-refractivity contribution in [1.82, 2.24) is 5.32 Å². The molecule has 0 aromatic heterocycles. The van der Waals surface area contributed by atoms with Crippen LogP contribution in [-0.4, -0.2) is 48.0 Å². The Morgan fingerprint density at radius 2 is 1.27 bits per heavy atom. The van der Waals surface area contributed by atoms with E-state index in [0.717, 1.165) is 38.5 Å². The highest BCUT2D eigenvalue weighted by Crippen LogP contribution is 2.19. The van der Waals surface area contributed by atoms with E-state index in [2.05, 4.69) is 73.0 Å². The van der Waals surface area contributed by atoms with Crippen LogP contribution in [0.25, 0.3) is 0 Å². The summed E-state index contributed by atoms with van der Waals surface area (Å²) in [6, 6.07) is 0. The second-order valence-electron chi connectivity index (χ2n) is 9.37. The molecule has 3 N–H and O–H groups in total. The summed E-state index contributed by atoms with van der Waals surface area (Å²) in [5, 5.41) is 21.7. The van der Waals surface area contributed by atoms with Crippen molar-refractivity contribution < 1.29 is 24.5 Å². The third kappa shape index (κ3) is 21.1. The molecule has 37 heavy (non-hydrogen) atoms. The maximum Gasteiger partial charge on any atom is 0.306 e. The summed E-state index contributed by atoms with van der Waals surface area (Å²) in [5.74, 6) is -0.810. The number of hydrogen-bond acceptors (Lipinski definition) is 5. The fourth-order valence-electron chi connectivity index (χ4n) is 2.92. The number of rotatable bonds is 21. The van der Waals surface area contributed by atoms with Crippen LogP contribution in [-0.2, 0) is 14.3 Å². The lowest BCUT2D eigenvalue weighted by molar-refractivity contribution is -0.143. The molecule has 0 fully saturated rings. The van der Waals surface area contributed by atoms with Crippen molar-refractivity contribution in [2.45, 2.75) is 84.7 Å². The number of hydrogen-bond donors (Lipinski definition) is 3. The van der Waals surface area contributed by atoms with Gasteiger partial charge in [0.2, 0.25) is 5.91 Å². The highest BCUT2D eigenvalue weighted by atomic mass is 16.5. The quantitative estimate of drug-likeness (QED) is 0.101. The van der Waals surface area contributed by atoms with Crippen LogP contribution >= 0.6 is 0 Å². The van der Waals surface area contributed by atoms with Crippen LogP contribution in [0.15, 0.2) is 72.9 Å². The standard InChI is InChI=1S/C31H49NO5/c1-4-5-6-7-8-9-10-11-12-13-14-15-16-17-18-19-20-21-22-24-28(34)37-26-23-25-32-30(36)29(35)31(2,3)27-33/h5-6,8-9,11-12,14-15,17-18,20-21,29,33,35H,4,7,10,13,16,19,22-27H2,1-3H3,(H,32,36)/b6-5-,9-8-,12-11-,15-14-,18-17-,21-20-/t29-/m0/s1. The van der Waals surface area contributed by atoms with Crippen LogP contribution < -0.4 is 5.32 Å².